The van der Waals surface area contributed by atoms with Crippen LogP contribution >= 0.6 is 0 Å². The first-order valence-electron chi connectivity index (χ1n) is 13.6. The van der Waals surface area contributed by atoms with Crippen molar-refractivity contribution in [2.75, 3.05) is 0 Å². The Kier molecular flexibility index (Phi) is 5.17. The zero-order valence-corrected chi connectivity index (χ0v) is 21.8. The predicted octanol–water partition coefficient (Wildman–Crippen LogP) is 10.1. The van der Waals surface area contributed by atoms with Gasteiger partial charge in [0.15, 0.2) is 0 Å². The Morgan fingerprint density at radius 3 is 1.90 bits per heavy atom. The Morgan fingerprint density at radius 1 is 0.375 bits per heavy atom. The van der Waals surface area contributed by atoms with Crippen LogP contribution in [0.3, 0.4) is 0 Å². The van der Waals surface area contributed by atoms with E-state index in [-0.39, 0.29) is 0 Å². The maximum absolute atomic E-state index is 5.06. The van der Waals surface area contributed by atoms with Crippen molar-refractivity contribution in [3.05, 3.63) is 146 Å². The number of benzene rings is 6. The summed E-state index contributed by atoms with van der Waals surface area (Å²) in [6, 6.07) is 49.6. The van der Waals surface area contributed by atoms with Crippen LogP contribution in [0.1, 0.15) is 0 Å². The van der Waals surface area contributed by atoms with Crippen LogP contribution in [0.4, 0.5) is 0 Å². The molecule has 0 N–H and O–H groups in total. The molecule has 0 spiro atoms. The first kappa shape index (κ1) is 22.6. The average molecular weight is 509 g/mol. The van der Waals surface area contributed by atoms with Crippen molar-refractivity contribution >= 4 is 43.2 Å². The molecule has 2 heterocycles. The summed E-state index contributed by atoms with van der Waals surface area (Å²) in [7, 11) is 0. The predicted molar refractivity (Wildman–Crippen MR) is 168 cm³/mol. The minimum atomic E-state index is 0.877. The second kappa shape index (κ2) is 9.14. The van der Waals surface area contributed by atoms with Crippen LogP contribution < -0.4 is 0 Å². The summed E-state index contributed by atoms with van der Waals surface area (Å²) in [6.45, 7) is 0. The van der Waals surface area contributed by atoms with Crippen molar-refractivity contribution in [2.24, 2.45) is 0 Å². The lowest BCUT2D eigenvalue weighted by atomic mass is 9.95. The molecule has 186 valence electrons. The zero-order chi connectivity index (χ0) is 26.5. The van der Waals surface area contributed by atoms with E-state index in [2.05, 4.69) is 133 Å². The molecule has 0 aliphatic rings. The summed E-state index contributed by atoms with van der Waals surface area (Å²) in [6.07, 6.45) is 1.89. The van der Waals surface area contributed by atoms with Crippen molar-refractivity contribution < 1.29 is 0 Å². The van der Waals surface area contributed by atoms with Gasteiger partial charge in [-0.2, -0.15) is 0 Å². The van der Waals surface area contributed by atoms with Crippen molar-refractivity contribution in [1.29, 1.82) is 0 Å². The summed E-state index contributed by atoms with van der Waals surface area (Å²) in [5.74, 6) is 0. The maximum atomic E-state index is 5.06. The van der Waals surface area contributed by atoms with Gasteiger partial charge < -0.3 is 0 Å². The van der Waals surface area contributed by atoms with Gasteiger partial charge in [-0.3, -0.25) is 4.98 Å². The lowest BCUT2D eigenvalue weighted by Gasteiger charge is -2.11. The molecule has 8 aromatic rings. The zero-order valence-electron chi connectivity index (χ0n) is 21.8. The Balaban J connectivity index is 1.23. The van der Waals surface area contributed by atoms with E-state index in [1.807, 2.05) is 12.3 Å². The first-order chi connectivity index (χ1) is 19.8. The van der Waals surface area contributed by atoms with E-state index < -0.39 is 0 Å². The molecule has 0 aliphatic carbocycles. The molecular formula is C38H24N2. The largest absolute Gasteiger partial charge is 0.255 e. The molecule has 0 aliphatic heterocycles. The second-order valence-electron chi connectivity index (χ2n) is 10.3. The number of hydrogen-bond donors (Lipinski definition) is 0. The minimum absolute atomic E-state index is 0.877. The second-order valence-corrected chi connectivity index (χ2v) is 10.3. The van der Waals surface area contributed by atoms with E-state index in [1.165, 1.54) is 38.1 Å². The number of para-hydroxylation sites is 1. The van der Waals surface area contributed by atoms with Gasteiger partial charge in [-0.15, -0.1) is 0 Å². The Hall–Kier alpha value is -5.34. The molecule has 0 bridgehead atoms. The molecule has 0 saturated carbocycles. The van der Waals surface area contributed by atoms with Crippen LogP contribution in [0.2, 0.25) is 0 Å². The van der Waals surface area contributed by atoms with E-state index in [4.69, 9.17) is 9.97 Å². The number of rotatable bonds is 3. The minimum Gasteiger partial charge on any atom is -0.255 e. The fourth-order valence-electron chi connectivity index (χ4n) is 5.91. The fraction of sp³-hybridized carbons (Fsp3) is 0. The standard InChI is InChI=1S/C38H24N2/c1-2-11-31-25(8-1)16-17-30-23-28(18-19-32(30)31)26-9-7-10-27(22-26)29-20-21-39-37(24-29)38-35-14-4-3-12-33(35)34-13-5-6-15-36(34)40-38/h1-24H. The van der Waals surface area contributed by atoms with Gasteiger partial charge in [0.1, 0.15) is 0 Å². The highest BCUT2D eigenvalue weighted by Crippen LogP contribution is 2.35. The van der Waals surface area contributed by atoms with Gasteiger partial charge in [0.25, 0.3) is 0 Å². The molecule has 6 aromatic carbocycles. The summed E-state index contributed by atoms with van der Waals surface area (Å²) >= 11 is 0. The molecule has 2 heteroatoms. The van der Waals surface area contributed by atoms with E-state index >= 15 is 0 Å². The highest BCUT2D eigenvalue weighted by atomic mass is 14.8. The van der Waals surface area contributed by atoms with E-state index in [9.17, 15) is 0 Å². The van der Waals surface area contributed by atoms with Gasteiger partial charge in [0, 0.05) is 17.0 Å². The molecule has 2 aromatic heterocycles. The highest BCUT2D eigenvalue weighted by Gasteiger charge is 2.12. The molecule has 0 radical (unpaired) electrons. The lowest BCUT2D eigenvalue weighted by Crippen LogP contribution is -1.92. The normalized spacial score (nSPS) is 11.5. The molecule has 8 rings (SSSR count). The highest BCUT2D eigenvalue weighted by molar-refractivity contribution is 6.11. The smallest absolute Gasteiger partial charge is 0.0972 e. The molecule has 0 fully saturated rings. The van der Waals surface area contributed by atoms with Crippen LogP contribution in [0.15, 0.2) is 146 Å². The van der Waals surface area contributed by atoms with Crippen LogP contribution in [-0.4, -0.2) is 9.97 Å². The van der Waals surface area contributed by atoms with E-state index in [0.29, 0.717) is 0 Å². The van der Waals surface area contributed by atoms with Gasteiger partial charge in [-0.25, -0.2) is 4.98 Å². The molecule has 0 unspecified atom stereocenters. The first-order valence-corrected chi connectivity index (χ1v) is 13.6. The van der Waals surface area contributed by atoms with Crippen LogP contribution in [-0.2, 0) is 0 Å². The molecular weight excluding hydrogens is 484 g/mol. The average Bonchev–Trinajstić information content (AvgIpc) is 3.04. The molecule has 40 heavy (non-hydrogen) atoms. The SMILES string of the molecule is c1cc(-c2ccnc(-c3nc4ccccc4c4ccccc34)c2)cc(-c2ccc3c(ccc4ccccc43)c2)c1. The van der Waals surface area contributed by atoms with E-state index in [1.54, 1.807) is 0 Å². The monoisotopic (exact) mass is 508 g/mol. The topological polar surface area (TPSA) is 25.8 Å². The van der Waals surface area contributed by atoms with Crippen molar-refractivity contribution in [1.82, 2.24) is 9.97 Å². The van der Waals surface area contributed by atoms with Gasteiger partial charge in [-0.05, 0) is 79.5 Å². The van der Waals surface area contributed by atoms with Gasteiger partial charge >= 0.3 is 0 Å². The molecule has 0 saturated heterocycles. The fourth-order valence-corrected chi connectivity index (χ4v) is 5.91. The number of aromatic nitrogens is 2. The summed E-state index contributed by atoms with van der Waals surface area (Å²) < 4.78 is 0. The van der Waals surface area contributed by atoms with Gasteiger partial charge in [0.2, 0.25) is 0 Å². The summed E-state index contributed by atoms with van der Waals surface area (Å²) in [4.78, 5) is 9.83. The van der Waals surface area contributed by atoms with Gasteiger partial charge in [0.05, 0.1) is 16.9 Å². The molecule has 0 amide bonds. The lowest BCUT2D eigenvalue weighted by molar-refractivity contribution is 1.29. The van der Waals surface area contributed by atoms with Crippen molar-refractivity contribution in [3.63, 3.8) is 0 Å². The summed E-state index contributed by atoms with van der Waals surface area (Å²) in [5.41, 5.74) is 7.45. The van der Waals surface area contributed by atoms with Crippen LogP contribution in [0.25, 0.3) is 76.9 Å². The maximum Gasteiger partial charge on any atom is 0.0972 e. The van der Waals surface area contributed by atoms with E-state index in [0.717, 1.165) is 38.8 Å². The third kappa shape index (κ3) is 3.73. The number of pyridine rings is 2. The quantitative estimate of drug-likeness (QED) is 0.222. The Morgan fingerprint density at radius 2 is 1.02 bits per heavy atom. The Labute approximate surface area is 232 Å². The van der Waals surface area contributed by atoms with Gasteiger partial charge in [-0.1, -0.05) is 109 Å². The number of fused-ring (bicyclic) bond motifs is 6. The summed E-state index contributed by atoms with van der Waals surface area (Å²) in [5, 5.41) is 8.57. The van der Waals surface area contributed by atoms with Crippen molar-refractivity contribution in [2.45, 2.75) is 0 Å². The van der Waals surface area contributed by atoms with Crippen LogP contribution in [0.5, 0.6) is 0 Å². The Bertz CT molecular complexity index is 2230. The van der Waals surface area contributed by atoms with Crippen molar-refractivity contribution in [3.8, 4) is 33.6 Å². The number of hydrogen-bond acceptors (Lipinski definition) is 2. The molecule has 0 atom stereocenters. The third-order valence-corrected chi connectivity index (χ3v) is 7.89. The molecule has 2 nitrogen and oxygen atoms in total. The third-order valence-electron chi connectivity index (χ3n) is 7.89. The van der Waals surface area contributed by atoms with Crippen LogP contribution in [0, 0.1) is 0 Å². The number of nitrogens with zero attached hydrogens (tertiary/aromatic N) is 2.